The summed E-state index contributed by atoms with van der Waals surface area (Å²) < 4.78 is 0. The molecule has 0 aliphatic carbocycles. The normalized spacial score (nSPS) is 11.5. The maximum atomic E-state index is 11.7. The van der Waals surface area contributed by atoms with Crippen LogP contribution >= 0.6 is 11.8 Å². The van der Waals surface area contributed by atoms with Crippen LogP contribution in [-0.2, 0) is 5.54 Å². The van der Waals surface area contributed by atoms with Gasteiger partial charge in [0.15, 0.2) is 0 Å². The lowest BCUT2D eigenvalue weighted by Crippen LogP contribution is -2.34. The lowest BCUT2D eigenvalue weighted by atomic mass is 9.90. The second-order valence-electron chi connectivity index (χ2n) is 3.91. The molecule has 3 heteroatoms. The fourth-order valence-electron chi connectivity index (χ4n) is 1.45. The molecular weight excluding hydrogens is 206 g/mol. The Balaban J connectivity index is 3.23. The first kappa shape index (κ1) is 12.3. The molecule has 1 aromatic rings. The van der Waals surface area contributed by atoms with E-state index < -0.39 is 0 Å². The van der Waals surface area contributed by atoms with Crippen LogP contribution in [0.5, 0.6) is 0 Å². The molecule has 0 fully saturated rings. The standard InChI is InChI=1S/C12H17NOS/c1-12(2,13-3)10-8-6-5-7-9(10)11(14)15-4/h5-8,13H,1-4H3. The predicted octanol–water partition coefficient (Wildman–Crippen LogP) is 2.64. The van der Waals surface area contributed by atoms with E-state index in [1.54, 1.807) is 0 Å². The number of carbonyl (C=O) groups is 1. The third-order valence-corrected chi connectivity index (χ3v) is 3.22. The van der Waals surface area contributed by atoms with E-state index in [0.717, 1.165) is 11.1 Å². The van der Waals surface area contributed by atoms with E-state index in [4.69, 9.17) is 0 Å². The maximum absolute atomic E-state index is 11.7. The number of rotatable bonds is 3. The number of carbonyl (C=O) groups excluding carboxylic acids is 1. The van der Waals surface area contributed by atoms with Crippen molar-refractivity contribution in [1.29, 1.82) is 0 Å². The maximum Gasteiger partial charge on any atom is 0.219 e. The van der Waals surface area contributed by atoms with Crippen LogP contribution in [0.15, 0.2) is 24.3 Å². The third kappa shape index (κ3) is 2.61. The van der Waals surface area contributed by atoms with Crippen LogP contribution in [0.2, 0.25) is 0 Å². The molecule has 0 bridgehead atoms. The Labute approximate surface area is 95.5 Å². The van der Waals surface area contributed by atoms with Crippen molar-refractivity contribution in [3.05, 3.63) is 35.4 Å². The minimum absolute atomic E-state index is 0.119. The molecule has 0 amide bonds. The van der Waals surface area contributed by atoms with Crippen molar-refractivity contribution in [1.82, 2.24) is 5.32 Å². The fourth-order valence-corrected chi connectivity index (χ4v) is 1.85. The van der Waals surface area contributed by atoms with Gasteiger partial charge in [-0.1, -0.05) is 36.0 Å². The molecule has 0 heterocycles. The molecule has 0 radical (unpaired) electrons. The molecule has 15 heavy (non-hydrogen) atoms. The Morgan fingerprint density at radius 1 is 1.33 bits per heavy atom. The zero-order valence-electron chi connectivity index (χ0n) is 9.63. The topological polar surface area (TPSA) is 29.1 Å². The molecule has 0 aliphatic heterocycles. The van der Waals surface area contributed by atoms with Crippen LogP contribution < -0.4 is 5.32 Å². The molecule has 1 rings (SSSR count). The summed E-state index contributed by atoms with van der Waals surface area (Å²) in [6.07, 6.45) is 1.81. The van der Waals surface area contributed by atoms with Gasteiger partial charge in [-0.15, -0.1) is 0 Å². The molecule has 2 nitrogen and oxygen atoms in total. The fraction of sp³-hybridized carbons (Fsp3) is 0.417. The third-order valence-electron chi connectivity index (χ3n) is 2.63. The van der Waals surface area contributed by atoms with Crippen LogP contribution in [-0.4, -0.2) is 18.4 Å². The van der Waals surface area contributed by atoms with Gasteiger partial charge in [0.05, 0.1) is 0 Å². The van der Waals surface area contributed by atoms with Gasteiger partial charge < -0.3 is 5.32 Å². The molecule has 0 unspecified atom stereocenters. The van der Waals surface area contributed by atoms with Gasteiger partial charge in [-0.05, 0) is 32.7 Å². The van der Waals surface area contributed by atoms with Crippen LogP contribution in [0.3, 0.4) is 0 Å². The Bertz CT molecular complexity index is 360. The zero-order chi connectivity index (χ0) is 11.5. The van der Waals surface area contributed by atoms with E-state index in [0.29, 0.717) is 0 Å². The van der Waals surface area contributed by atoms with Gasteiger partial charge in [-0.2, -0.15) is 0 Å². The van der Waals surface area contributed by atoms with Gasteiger partial charge in [0.1, 0.15) is 0 Å². The molecule has 0 saturated carbocycles. The number of benzene rings is 1. The molecule has 0 spiro atoms. The van der Waals surface area contributed by atoms with Crippen molar-refractivity contribution in [2.24, 2.45) is 0 Å². The van der Waals surface area contributed by atoms with Gasteiger partial charge >= 0.3 is 0 Å². The van der Waals surface area contributed by atoms with E-state index in [1.165, 1.54) is 11.8 Å². The minimum Gasteiger partial charge on any atom is -0.311 e. The van der Waals surface area contributed by atoms with Gasteiger partial charge in [-0.3, -0.25) is 4.79 Å². The zero-order valence-corrected chi connectivity index (χ0v) is 10.4. The van der Waals surface area contributed by atoms with Gasteiger partial charge in [0.25, 0.3) is 0 Å². The van der Waals surface area contributed by atoms with Crippen molar-refractivity contribution in [3.63, 3.8) is 0 Å². The Morgan fingerprint density at radius 2 is 1.93 bits per heavy atom. The van der Waals surface area contributed by atoms with E-state index in [1.807, 2.05) is 37.6 Å². The van der Waals surface area contributed by atoms with Crippen molar-refractivity contribution < 1.29 is 4.79 Å². The van der Waals surface area contributed by atoms with Crippen LogP contribution in [0.1, 0.15) is 29.8 Å². The van der Waals surface area contributed by atoms with Gasteiger partial charge in [-0.25, -0.2) is 0 Å². The van der Waals surface area contributed by atoms with E-state index in [-0.39, 0.29) is 10.7 Å². The molecule has 82 valence electrons. The SMILES string of the molecule is CNC(C)(C)c1ccccc1C(=O)SC. The van der Waals surface area contributed by atoms with Crippen LogP contribution in [0.4, 0.5) is 0 Å². The molecule has 0 aromatic heterocycles. The van der Waals surface area contributed by atoms with E-state index in [2.05, 4.69) is 19.2 Å². The summed E-state index contributed by atoms with van der Waals surface area (Å²) in [5.41, 5.74) is 1.67. The molecule has 1 N–H and O–H groups in total. The summed E-state index contributed by atoms with van der Waals surface area (Å²) in [6.45, 7) is 4.14. The summed E-state index contributed by atoms with van der Waals surface area (Å²) >= 11 is 1.25. The number of nitrogens with one attached hydrogen (secondary N) is 1. The number of thioether (sulfide) groups is 1. The summed E-state index contributed by atoms with van der Waals surface area (Å²) in [5.74, 6) is 0. The highest BCUT2D eigenvalue weighted by Crippen LogP contribution is 2.25. The first-order valence-electron chi connectivity index (χ1n) is 4.89. The predicted molar refractivity (Wildman–Crippen MR) is 66.4 cm³/mol. The lowest BCUT2D eigenvalue weighted by molar-refractivity contribution is 0.108. The summed E-state index contributed by atoms with van der Waals surface area (Å²) in [7, 11) is 1.90. The lowest BCUT2D eigenvalue weighted by Gasteiger charge is -2.26. The van der Waals surface area contributed by atoms with E-state index in [9.17, 15) is 4.79 Å². The number of hydrogen-bond acceptors (Lipinski definition) is 3. The largest absolute Gasteiger partial charge is 0.311 e. The molecule has 0 aliphatic rings. The highest BCUT2D eigenvalue weighted by atomic mass is 32.2. The Hall–Kier alpha value is -0.800. The second-order valence-corrected chi connectivity index (χ2v) is 4.69. The molecular formula is C12H17NOS. The average molecular weight is 223 g/mol. The summed E-state index contributed by atoms with van der Waals surface area (Å²) in [6, 6.07) is 7.75. The van der Waals surface area contributed by atoms with E-state index >= 15 is 0 Å². The monoisotopic (exact) mass is 223 g/mol. The summed E-state index contributed by atoms with van der Waals surface area (Å²) in [5, 5.41) is 3.33. The Kier molecular flexibility index (Phi) is 3.94. The van der Waals surface area contributed by atoms with Gasteiger partial charge in [0, 0.05) is 11.1 Å². The Morgan fingerprint density at radius 3 is 2.47 bits per heavy atom. The second kappa shape index (κ2) is 4.81. The minimum atomic E-state index is -0.179. The smallest absolute Gasteiger partial charge is 0.219 e. The van der Waals surface area contributed by atoms with Crippen molar-refractivity contribution in [2.75, 3.05) is 13.3 Å². The van der Waals surface area contributed by atoms with Crippen molar-refractivity contribution in [2.45, 2.75) is 19.4 Å². The first-order valence-corrected chi connectivity index (χ1v) is 6.12. The van der Waals surface area contributed by atoms with Crippen molar-refractivity contribution >= 4 is 16.9 Å². The molecule has 0 saturated heterocycles. The quantitative estimate of drug-likeness (QED) is 0.854. The summed E-state index contributed by atoms with van der Waals surface area (Å²) in [4.78, 5) is 11.7. The van der Waals surface area contributed by atoms with Crippen LogP contribution in [0.25, 0.3) is 0 Å². The molecule has 0 atom stereocenters. The molecule has 1 aromatic carbocycles. The highest BCUT2D eigenvalue weighted by molar-refractivity contribution is 8.13. The van der Waals surface area contributed by atoms with Crippen molar-refractivity contribution in [3.8, 4) is 0 Å². The van der Waals surface area contributed by atoms with Gasteiger partial charge in [0.2, 0.25) is 5.12 Å². The van der Waals surface area contributed by atoms with Crippen LogP contribution in [0, 0.1) is 0 Å². The number of hydrogen-bond donors (Lipinski definition) is 1. The first-order chi connectivity index (χ1) is 7.03. The highest BCUT2D eigenvalue weighted by Gasteiger charge is 2.23. The average Bonchev–Trinajstić information content (AvgIpc) is 2.28.